The minimum Gasteiger partial charge on any atom is -0.497 e. The number of amides is 1. The van der Waals surface area contributed by atoms with Crippen molar-refractivity contribution in [3.05, 3.63) is 58.6 Å². The van der Waals surface area contributed by atoms with E-state index < -0.39 is 17.0 Å². The zero-order chi connectivity index (χ0) is 23.7. The van der Waals surface area contributed by atoms with Crippen molar-refractivity contribution in [2.75, 3.05) is 25.1 Å². The van der Waals surface area contributed by atoms with Crippen LogP contribution in [0, 0.1) is 0 Å². The molecule has 2 atom stereocenters. The number of nitrogens with zero attached hydrogens (tertiary/aromatic N) is 2. The highest BCUT2D eigenvalue weighted by molar-refractivity contribution is 6.30. The van der Waals surface area contributed by atoms with Crippen molar-refractivity contribution in [2.24, 2.45) is 0 Å². The highest BCUT2D eigenvalue weighted by Gasteiger charge is 2.63. The second kappa shape index (κ2) is 9.12. The van der Waals surface area contributed by atoms with Gasteiger partial charge in [0, 0.05) is 16.0 Å². The maximum absolute atomic E-state index is 14.0. The third-order valence-electron chi connectivity index (χ3n) is 7.03. The summed E-state index contributed by atoms with van der Waals surface area (Å²) in [6.07, 6.45) is 0.429. The Hall–Kier alpha value is -2.57. The Labute approximate surface area is 194 Å². The van der Waals surface area contributed by atoms with Crippen LogP contribution in [0.4, 0.5) is 5.69 Å². The summed E-state index contributed by atoms with van der Waals surface area (Å²) in [6, 6.07) is 12.4. The van der Waals surface area contributed by atoms with E-state index in [1.165, 1.54) is 0 Å². The first kappa shape index (κ1) is 24.1. The summed E-state index contributed by atoms with van der Waals surface area (Å²) in [5.41, 5.74) is 0.282. The van der Waals surface area contributed by atoms with E-state index in [-0.39, 0.29) is 12.3 Å². The lowest BCUT2D eigenvalue weighted by atomic mass is 9.67. The highest BCUT2D eigenvalue weighted by atomic mass is 35.5. The molecule has 7 heteroatoms. The molecule has 0 radical (unpaired) electrons. The Bertz CT molecular complexity index is 1010. The summed E-state index contributed by atoms with van der Waals surface area (Å²) in [6.45, 7) is 9.36. The first-order valence-electron chi connectivity index (χ1n) is 11.0. The van der Waals surface area contributed by atoms with Crippen molar-refractivity contribution < 1.29 is 19.4 Å². The third-order valence-corrected chi connectivity index (χ3v) is 7.28. The van der Waals surface area contributed by atoms with Gasteiger partial charge >= 0.3 is 5.97 Å². The monoisotopic (exact) mass is 458 g/mol. The van der Waals surface area contributed by atoms with Crippen molar-refractivity contribution in [1.29, 1.82) is 0 Å². The average molecular weight is 459 g/mol. The van der Waals surface area contributed by atoms with Gasteiger partial charge in [-0.2, -0.15) is 0 Å². The molecule has 1 N–H and O–H groups in total. The van der Waals surface area contributed by atoms with Crippen molar-refractivity contribution in [2.45, 2.75) is 51.6 Å². The Kier molecular flexibility index (Phi) is 6.86. The smallest absolute Gasteiger partial charge is 0.304 e. The summed E-state index contributed by atoms with van der Waals surface area (Å²) in [4.78, 5) is 30.1. The van der Waals surface area contributed by atoms with Gasteiger partial charge in [0.2, 0.25) is 0 Å². The Morgan fingerprint density at radius 1 is 1.09 bits per heavy atom. The number of aliphatic carboxylic acids is 1. The molecule has 2 unspecified atom stereocenters. The van der Waals surface area contributed by atoms with E-state index >= 15 is 0 Å². The number of methoxy groups -OCH3 is 1. The van der Waals surface area contributed by atoms with Crippen LogP contribution in [-0.2, 0) is 10.2 Å². The number of carbonyl (C=O) groups is 2. The maximum atomic E-state index is 14.0. The zero-order valence-corrected chi connectivity index (χ0v) is 20.1. The summed E-state index contributed by atoms with van der Waals surface area (Å²) in [5.74, 6) is -0.461. The molecule has 0 spiro atoms. The maximum Gasteiger partial charge on any atom is 0.304 e. The molecule has 0 aromatic heterocycles. The van der Waals surface area contributed by atoms with Crippen LogP contribution in [0.5, 0.6) is 5.75 Å². The van der Waals surface area contributed by atoms with Crippen molar-refractivity contribution >= 4 is 29.2 Å². The third kappa shape index (κ3) is 3.55. The van der Waals surface area contributed by atoms with Gasteiger partial charge in [0.05, 0.1) is 19.2 Å². The van der Waals surface area contributed by atoms with Crippen molar-refractivity contribution in [3.63, 3.8) is 0 Å². The summed E-state index contributed by atoms with van der Waals surface area (Å²) in [5, 5.41) is 10.5. The SMILES string of the molecule is CCN(CC)C1(C)N(C(=O)c2ccc(Cl)cc2)c2ccc(OC)cc2C1(CC)CC(=O)O. The van der Waals surface area contributed by atoms with Crippen LogP contribution in [-0.4, -0.2) is 47.7 Å². The minimum atomic E-state index is -0.908. The lowest BCUT2D eigenvalue weighted by Gasteiger charge is -2.53. The van der Waals surface area contributed by atoms with E-state index in [1.807, 2.05) is 45.9 Å². The first-order chi connectivity index (χ1) is 15.2. The van der Waals surface area contributed by atoms with Crippen LogP contribution in [0.1, 0.15) is 56.5 Å². The van der Waals surface area contributed by atoms with Gasteiger partial charge in [-0.05, 0) is 74.5 Å². The van der Waals surface area contributed by atoms with Crippen LogP contribution in [0.3, 0.4) is 0 Å². The van der Waals surface area contributed by atoms with E-state index in [9.17, 15) is 14.7 Å². The van der Waals surface area contributed by atoms with Gasteiger partial charge in [-0.1, -0.05) is 32.4 Å². The average Bonchev–Trinajstić information content (AvgIpc) is 2.99. The van der Waals surface area contributed by atoms with Gasteiger partial charge in [0.1, 0.15) is 11.4 Å². The number of hydrogen-bond donors (Lipinski definition) is 1. The second-order valence-corrected chi connectivity index (χ2v) is 8.67. The molecule has 1 heterocycles. The van der Waals surface area contributed by atoms with Crippen LogP contribution in [0.2, 0.25) is 5.02 Å². The molecule has 0 bridgehead atoms. The number of rotatable bonds is 8. The number of carbonyl (C=O) groups excluding carboxylic acids is 1. The number of ether oxygens (including phenoxy) is 1. The molecule has 32 heavy (non-hydrogen) atoms. The molecule has 1 aliphatic rings. The predicted octanol–water partition coefficient (Wildman–Crippen LogP) is 5.19. The van der Waals surface area contributed by atoms with Gasteiger partial charge in [-0.15, -0.1) is 0 Å². The number of benzene rings is 2. The van der Waals surface area contributed by atoms with Crippen LogP contribution >= 0.6 is 11.6 Å². The van der Waals surface area contributed by atoms with Gasteiger partial charge < -0.3 is 9.84 Å². The van der Waals surface area contributed by atoms with Gasteiger partial charge in [0.15, 0.2) is 0 Å². The largest absolute Gasteiger partial charge is 0.497 e. The second-order valence-electron chi connectivity index (χ2n) is 8.23. The summed E-state index contributed by atoms with van der Waals surface area (Å²) >= 11 is 6.05. The summed E-state index contributed by atoms with van der Waals surface area (Å²) < 4.78 is 5.48. The van der Waals surface area contributed by atoms with Gasteiger partial charge in [0.25, 0.3) is 5.91 Å². The Balaban J connectivity index is 2.36. The van der Waals surface area contributed by atoms with Crippen LogP contribution in [0.15, 0.2) is 42.5 Å². The number of likely N-dealkylation sites (N-methyl/N-ethyl adjacent to an activating group) is 1. The molecule has 1 aliphatic heterocycles. The molecule has 3 rings (SSSR count). The fourth-order valence-electron chi connectivity index (χ4n) is 5.41. The molecule has 0 fully saturated rings. The normalized spacial score (nSPS) is 22.2. The number of carboxylic acids is 1. The molecule has 1 amide bonds. The molecule has 6 nitrogen and oxygen atoms in total. The lowest BCUT2D eigenvalue weighted by molar-refractivity contribution is -0.140. The molecule has 0 saturated heterocycles. The lowest BCUT2D eigenvalue weighted by Crippen LogP contribution is -2.68. The topological polar surface area (TPSA) is 70.1 Å². The molecule has 0 aliphatic carbocycles. The Morgan fingerprint density at radius 2 is 1.72 bits per heavy atom. The number of carboxylic acid groups (broad SMARTS) is 1. The van der Waals surface area contributed by atoms with Gasteiger partial charge in [-0.3, -0.25) is 19.4 Å². The summed E-state index contributed by atoms with van der Waals surface area (Å²) in [7, 11) is 1.59. The van der Waals surface area contributed by atoms with E-state index in [2.05, 4.69) is 4.90 Å². The molecule has 2 aromatic rings. The molecule has 0 saturated carbocycles. The minimum absolute atomic E-state index is 0.110. The molecule has 172 valence electrons. The number of halogens is 1. The Morgan fingerprint density at radius 3 is 2.22 bits per heavy atom. The van der Waals surface area contributed by atoms with Crippen molar-refractivity contribution in [1.82, 2.24) is 4.90 Å². The molecule has 2 aromatic carbocycles. The van der Waals surface area contributed by atoms with E-state index in [0.29, 0.717) is 41.5 Å². The number of anilines is 1. The predicted molar refractivity (Wildman–Crippen MR) is 127 cm³/mol. The van der Waals surface area contributed by atoms with Crippen LogP contribution in [0.25, 0.3) is 0 Å². The zero-order valence-electron chi connectivity index (χ0n) is 19.3. The number of fused-ring (bicyclic) bond motifs is 1. The van der Waals surface area contributed by atoms with E-state index in [1.54, 1.807) is 36.3 Å². The number of hydrogen-bond acceptors (Lipinski definition) is 4. The first-order valence-corrected chi connectivity index (χ1v) is 11.3. The quantitative estimate of drug-likeness (QED) is 0.589. The fraction of sp³-hybridized carbons (Fsp3) is 0.440. The van der Waals surface area contributed by atoms with E-state index in [0.717, 1.165) is 5.56 Å². The van der Waals surface area contributed by atoms with Crippen LogP contribution < -0.4 is 9.64 Å². The highest BCUT2D eigenvalue weighted by Crippen LogP contribution is 2.58. The fourth-order valence-corrected chi connectivity index (χ4v) is 5.53. The standard InChI is InChI=1S/C25H31ClN2O4/c1-6-25(16-22(29)30)20-15-19(32-5)13-14-21(20)28(24(25,4)27(7-2)8-3)23(31)17-9-11-18(26)12-10-17/h9-15H,6-8,16H2,1-5H3,(H,29,30). The molecular formula is C25H31ClN2O4. The van der Waals surface area contributed by atoms with Crippen molar-refractivity contribution in [3.8, 4) is 5.75 Å². The van der Waals surface area contributed by atoms with E-state index in [4.69, 9.17) is 16.3 Å². The molecular weight excluding hydrogens is 428 g/mol. The van der Waals surface area contributed by atoms with Gasteiger partial charge in [-0.25, -0.2) is 0 Å².